The van der Waals surface area contributed by atoms with Crippen molar-refractivity contribution in [2.75, 3.05) is 5.32 Å². The van der Waals surface area contributed by atoms with Crippen molar-refractivity contribution >= 4 is 33.6 Å². The third-order valence-electron chi connectivity index (χ3n) is 4.86. The van der Waals surface area contributed by atoms with Crippen LogP contribution >= 0.6 is 11.3 Å². The number of hydrogen-bond donors (Lipinski definition) is 1. The maximum Gasteiger partial charge on any atom is 0.279 e. The first kappa shape index (κ1) is 19.4. The molecule has 1 aromatic heterocycles. The number of nitro benzene ring substituents is 2. The molecular weight excluding hydrogens is 384 g/mol. The molecule has 1 heterocycles. The summed E-state index contributed by atoms with van der Waals surface area (Å²) in [5.74, 6) is -0.238. The molecule has 1 N–H and O–H groups in total. The molecule has 1 aliphatic rings. The molecule has 1 amide bonds. The van der Waals surface area contributed by atoms with Gasteiger partial charge in [-0.25, -0.2) is 0 Å². The zero-order valence-electron chi connectivity index (χ0n) is 15.1. The van der Waals surface area contributed by atoms with Gasteiger partial charge in [-0.05, 0) is 37.7 Å². The van der Waals surface area contributed by atoms with Crippen LogP contribution < -0.4 is 5.32 Å². The number of hydrogen-bond acceptors (Lipinski definition) is 7. The molecule has 9 nitrogen and oxygen atoms in total. The molecule has 0 aliphatic heterocycles. The van der Waals surface area contributed by atoms with Crippen LogP contribution in [0.3, 0.4) is 0 Å². The Morgan fingerprint density at radius 1 is 1.29 bits per heavy atom. The van der Waals surface area contributed by atoms with E-state index in [4.69, 9.17) is 0 Å². The van der Waals surface area contributed by atoms with E-state index in [0.29, 0.717) is 16.5 Å². The van der Waals surface area contributed by atoms with Crippen LogP contribution in [0.5, 0.6) is 0 Å². The van der Waals surface area contributed by atoms with Crippen molar-refractivity contribution in [2.24, 2.45) is 5.92 Å². The Bertz CT molecular complexity index is 1020. The number of rotatable bonds is 4. The van der Waals surface area contributed by atoms with Crippen LogP contribution in [0.2, 0.25) is 0 Å². The van der Waals surface area contributed by atoms with Gasteiger partial charge in [-0.2, -0.15) is 5.26 Å². The van der Waals surface area contributed by atoms with Gasteiger partial charge in [0.15, 0.2) is 0 Å². The van der Waals surface area contributed by atoms with Gasteiger partial charge in [0.05, 0.1) is 21.0 Å². The molecule has 3 rings (SSSR count). The monoisotopic (exact) mass is 400 g/mol. The van der Waals surface area contributed by atoms with Crippen molar-refractivity contribution < 1.29 is 14.6 Å². The minimum Gasteiger partial charge on any atom is -0.312 e. The lowest BCUT2D eigenvalue weighted by Crippen LogP contribution is -2.13. The summed E-state index contributed by atoms with van der Waals surface area (Å²) in [4.78, 5) is 34.6. The van der Waals surface area contributed by atoms with E-state index in [1.54, 1.807) is 0 Å². The van der Waals surface area contributed by atoms with Crippen LogP contribution in [0.4, 0.5) is 16.4 Å². The molecule has 1 atom stereocenters. The number of anilines is 1. The maximum absolute atomic E-state index is 12.7. The third-order valence-corrected chi connectivity index (χ3v) is 6.03. The van der Waals surface area contributed by atoms with Gasteiger partial charge >= 0.3 is 0 Å². The summed E-state index contributed by atoms with van der Waals surface area (Å²) in [6, 6.07) is 4.15. The minimum absolute atomic E-state index is 0.121. The molecule has 144 valence electrons. The van der Waals surface area contributed by atoms with E-state index < -0.39 is 27.1 Å². The minimum atomic E-state index is -0.759. The van der Waals surface area contributed by atoms with Gasteiger partial charge < -0.3 is 5.32 Å². The first-order valence-corrected chi connectivity index (χ1v) is 9.34. The molecule has 0 fully saturated rings. The zero-order chi connectivity index (χ0) is 20.6. The van der Waals surface area contributed by atoms with E-state index in [1.165, 1.54) is 18.3 Å². The van der Waals surface area contributed by atoms with Gasteiger partial charge in [0.25, 0.3) is 17.3 Å². The van der Waals surface area contributed by atoms with E-state index in [0.717, 1.165) is 41.8 Å². The fraction of sp³-hybridized carbons (Fsp3) is 0.333. The lowest BCUT2D eigenvalue weighted by molar-refractivity contribution is -0.395. The summed E-state index contributed by atoms with van der Waals surface area (Å²) < 4.78 is 0. The van der Waals surface area contributed by atoms with Crippen LogP contribution in [-0.4, -0.2) is 15.8 Å². The number of nitro groups is 2. The fourth-order valence-corrected chi connectivity index (χ4v) is 4.68. The Labute approximate surface area is 163 Å². The fourth-order valence-electron chi connectivity index (χ4n) is 3.33. The summed E-state index contributed by atoms with van der Waals surface area (Å²) in [5, 5.41) is 34.9. The van der Waals surface area contributed by atoms with Crippen molar-refractivity contribution in [2.45, 2.75) is 33.1 Å². The molecule has 28 heavy (non-hydrogen) atoms. The highest BCUT2D eigenvalue weighted by Gasteiger charge is 2.28. The highest BCUT2D eigenvalue weighted by Crippen LogP contribution is 2.39. The summed E-state index contributed by atoms with van der Waals surface area (Å²) in [7, 11) is 0. The van der Waals surface area contributed by atoms with Crippen molar-refractivity contribution in [1.82, 2.24) is 0 Å². The highest BCUT2D eigenvalue weighted by atomic mass is 32.1. The Balaban J connectivity index is 2.00. The lowest BCUT2D eigenvalue weighted by Gasteiger charge is -2.17. The van der Waals surface area contributed by atoms with Crippen molar-refractivity contribution in [3.63, 3.8) is 0 Å². The smallest absolute Gasteiger partial charge is 0.279 e. The molecule has 1 aromatic carbocycles. The van der Waals surface area contributed by atoms with Crippen LogP contribution in [0, 0.1) is 44.4 Å². The zero-order valence-corrected chi connectivity index (χ0v) is 16.0. The molecule has 2 aromatic rings. The normalized spacial score (nSPS) is 15.4. The van der Waals surface area contributed by atoms with Crippen LogP contribution in [0.25, 0.3) is 0 Å². The number of carbonyl (C=O) groups is 1. The molecule has 0 spiro atoms. The second-order valence-electron chi connectivity index (χ2n) is 6.78. The van der Waals surface area contributed by atoms with Gasteiger partial charge in [0.1, 0.15) is 16.6 Å². The molecule has 10 heteroatoms. The quantitative estimate of drug-likeness (QED) is 0.605. The van der Waals surface area contributed by atoms with Crippen LogP contribution in [-0.2, 0) is 12.8 Å². The van der Waals surface area contributed by atoms with E-state index >= 15 is 0 Å². The van der Waals surface area contributed by atoms with E-state index in [9.17, 15) is 30.3 Å². The second-order valence-corrected chi connectivity index (χ2v) is 7.88. The summed E-state index contributed by atoms with van der Waals surface area (Å²) >= 11 is 1.32. The number of nitrogens with zero attached hydrogens (tertiary/aromatic N) is 3. The molecule has 0 radical (unpaired) electrons. The molecule has 0 saturated carbocycles. The Kier molecular flexibility index (Phi) is 5.11. The summed E-state index contributed by atoms with van der Waals surface area (Å²) in [6.07, 6.45) is 2.54. The number of carbonyl (C=O) groups excluding carboxylic acids is 1. The summed E-state index contributed by atoms with van der Waals surface area (Å²) in [5.41, 5.74) is 0.00825. The highest BCUT2D eigenvalue weighted by molar-refractivity contribution is 7.16. The first-order chi connectivity index (χ1) is 13.2. The number of amides is 1. The van der Waals surface area contributed by atoms with Gasteiger partial charge in [0, 0.05) is 17.0 Å². The van der Waals surface area contributed by atoms with Gasteiger partial charge in [-0.1, -0.05) is 6.92 Å². The number of nitriles is 1. The van der Waals surface area contributed by atoms with E-state index in [1.807, 2.05) is 0 Å². The van der Waals surface area contributed by atoms with Crippen molar-refractivity contribution in [3.8, 4) is 6.07 Å². The number of benzene rings is 1. The lowest BCUT2D eigenvalue weighted by atomic mass is 9.88. The predicted octanol–water partition coefficient (Wildman–Crippen LogP) is 4.12. The van der Waals surface area contributed by atoms with Gasteiger partial charge in [-0.3, -0.25) is 25.0 Å². The van der Waals surface area contributed by atoms with Gasteiger partial charge in [0.2, 0.25) is 0 Å². The average Bonchev–Trinajstić information content (AvgIpc) is 2.96. The molecule has 1 aliphatic carbocycles. The van der Waals surface area contributed by atoms with Crippen molar-refractivity contribution in [1.29, 1.82) is 5.26 Å². The molecular formula is C18H16N4O5S. The van der Waals surface area contributed by atoms with Crippen molar-refractivity contribution in [3.05, 3.63) is 59.5 Å². The summed E-state index contributed by atoms with van der Waals surface area (Å²) in [6.45, 7) is 3.39. The topological polar surface area (TPSA) is 139 Å². The number of fused-ring (bicyclic) bond motifs is 1. The number of nitrogens with one attached hydrogen (secondary N) is 1. The first-order valence-electron chi connectivity index (χ1n) is 8.52. The largest absolute Gasteiger partial charge is 0.312 e. The van der Waals surface area contributed by atoms with Crippen LogP contribution in [0.15, 0.2) is 12.1 Å². The number of thiophene rings is 1. The molecule has 0 bridgehead atoms. The third kappa shape index (κ3) is 3.44. The van der Waals surface area contributed by atoms with Gasteiger partial charge in [-0.15, -0.1) is 11.3 Å². The standard InChI is InChI=1S/C18H16N4O5S/c1-9-3-4-12-13(8-19)18(28-16(12)5-9)20-17(23)11-6-14(21(24)25)10(2)15(7-11)22(26)27/h6-7,9H,3-5H2,1-2H3,(H,20,23). The Morgan fingerprint density at radius 2 is 1.89 bits per heavy atom. The SMILES string of the molecule is Cc1c([N+](=O)[O-])cc(C(=O)Nc2sc3c(c2C#N)CCC(C)C3)cc1[N+](=O)[O-]. The predicted molar refractivity (Wildman–Crippen MR) is 103 cm³/mol. The second kappa shape index (κ2) is 7.36. The van der Waals surface area contributed by atoms with Crippen LogP contribution in [0.1, 0.15) is 45.3 Å². The maximum atomic E-state index is 12.7. The van der Waals surface area contributed by atoms with E-state index in [2.05, 4.69) is 18.3 Å². The van der Waals surface area contributed by atoms with E-state index in [-0.39, 0.29) is 11.1 Å². The molecule has 1 unspecified atom stereocenters. The Hall–Kier alpha value is -3.32. The average molecular weight is 400 g/mol. The molecule has 0 saturated heterocycles. The Morgan fingerprint density at radius 3 is 2.43 bits per heavy atom.